The van der Waals surface area contributed by atoms with Crippen LogP contribution in [0.4, 0.5) is 0 Å². The number of rotatable bonds is 3. The molecule has 0 atom stereocenters. The fourth-order valence-electron chi connectivity index (χ4n) is 1.80. The minimum Gasteiger partial charge on any atom is -0.480 e. The van der Waals surface area contributed by atoms with Gasteiger partial charge in [-0.05, 0) is 12.8 Å². The number of carboxylic acids is 1. The van der Waals surface area contributed by atoms with Crippen molar-refractivity contribution >= 4 is 5.97 Å². The Morgan fingerprint density at radius 1 is 1.60 bits per heavy atom. The fourth-order valence-corrected chi connectivity index (χ4v) is 1.80. The van der Waals surface area contributed by atoms with Crippen LogP contribution in [0, 0.1) is 0 Å². The van der Waals surface area contributed by atoms with E-state index in [1.54, 1.807) is 4.57 Å². The molecular weight excluding hydrogens is 198 g/mol. The first-order chi connectivity index (χ1) is 7.27. The lowest BCUT2D eigenvalue weighted by atomic mass is 9.99. The number of hydrogen-bond acceptors (Lipinski definition) is 4. The summed E-state index contributed by atoms with van der Waals surface area (Å²) < 4.78 is 6.84. The van der Waals surface area contributed by atoms with Gasteiger partial charge in [0.25, 0.3) is 0 Å². The Morgan fingerprint density at radius 3 is 3.00 bits per heavy atom. The van der Waals surface area contributed by atoms with E-state index in [0.717, 1.165) is 18.7 Å². The smallest absolute Gasteiger partial charge is 0.323 e. The molecule has 1 aromatic rings. The summed E-state index contributed by atoms with van der Waals surface area (Å²) in [5.41, 5.74) is 0. The van der Waals surface area contributed by atoms with Gasteiger partial charge in [-0.15, -0.1) is 10.2 Å². The van der Waals surface area contributed by atoms with Crippen LogP contribution in [0.25, 0.3) is 0 Å². The highest BCUT2D eigenvalue weighted by Gasteiger charge is 2.21. The van der Waals surface area contributed by atoms with Crippen molar-refractivity contribution in [2.45, 2.75) is 25.3 Å². The van der Waals surface area contributed by atoms with Crippen LogP contribution < -0.4 is 0 Å². The van der Waals surface area contributed by atoms with E-state index in [-0.39, 0.29) is 12.5 Å². The van der Waals surface area contributed by atoms with Gasteiger partial charge in [-0.2, -0.15) is 0 Å². The van der Waals surface area contributed by atoms with E-state index < -0.39 is 5.97 Å². The zero-order valence-electron chi connectivity index (χ0n) is 8.30. The molecule has 15 heavy (non-hydrogen) atoms. The van der Waals surface area contributed by atoms with Gasteiger partial charge in [0, 0.05) is 19.1 Å². The van der Waals surface area contributed by atoms with E-state index in [1.165, 1.54) is 6.33 Å². The molecule has 0 saturated carbocycles. The molecule has 0 aromatic carbocycles. The number of aliphatic carboxylic acids is 1. The molecule has 0 bridgehead atoms. The number of aromatic nitrogens is 3. The van der Waals surface area contributed by atoms with Gasteiger partial charge >= 0.3 is 5.97 Å². The molecule has 0 spiro atoms. The molecule has 0 unspecified atom stereocenters. The standard InChI is InChI=1S/C9H13N3O3/c13-8(14)5-12-6-10-11-9(12)7-1-3-15-4-2-7/h6-7H,1-5H2,(H,13,14). The minimum absolute atomic E-state index is 0.0698. The first-order valence-corrected chi connectivity index (χ1v) is 4.94. The lowest BCUT2D eigenvalue weighted by Crippen LogP contribution is -2.19. The van der Waals surface area contributed by atoms with E-state index >= 15 is 0 Å². The number of ether oxygens (including phenoxy) is 1. The third kappa shape index (κ3) is 2.33. The van der Waals surface area contributed by atoms with Crippen molar-refractivity contribution < 1.29 is 14.6 Å². The Hall–Kier alpha value is -1.43. The number of carboxylic acid groups (broad SMARTS) is 1. The van der Waals surface area contributed by atoms with Crippen LogP contribution in [-0.4, -0.2) is 39.1 Å². The molecule has 2 rings (SSSR count). The lowest BCUT2D eigenvalue weighted by Gasteiger charge is -2.21. The van der Waals surface area contributed by atoms with Crippen molar-refractivity contribution in [2.24, 2.45) is 0 Å². The van der Waals surface area contributed by atoms with E-state index in [4.69, 9.17) is 9.84 Å². The summed E-state index contributed by atoms with van der Waals surface area (Å²) in [6.07, 6.45) is 3.25. The van der Waals surface area contributed by atoms with Crippen LogP contribution >= 0.6 is 0 Å². The molecule has 1 aromatic heterocycles. The predicted octanol–water partition coefficient (Wildman–Crippen LogP) is 0.257. The van der Waals surface area contributed by atoms with Crippen LogP contribution in [0.5, 0.6) is 0 Å². The average molecular weight is 211 g/mol. The van der Waals surface area contributed by atoms with E-state index in [2.05, 4.69) is 10.2 Å². The monoisotopic (exact) mass is 211 g/mol. The van der Waals surface area contributed by atoms with Crippen LogP contribution in [-0.2, 0) is 16.1 Å². The molecule has 1 aliphatic heterocycles. The molecule has 6 heteroatoms. The highest BCUT2D eigenvalue weighted by atomic mass is 16.5. The molecule has 0 radical (unpaired) electrons. The molecule has 1 aliphatic rings. The third-order valence-corrected chi connectivity index (χ3v) is 2.54. The maximum Gasteiger partial charge on any atom is 0.323 e. The highest BCUT2D eigenvalue weighted by Crippen LogP contribution is 2.24. The summed E-state index contributed by atoms with van der Waals surface area (Å²) in [5.74, 6) is 0.171. The SMILES string of the molecule is O=C(O)Cn1cnnc1C1CCOCC1. The Bertz CT molecular complexity index is 344. The second-order valence-corrected chi connectivity index (χ2v) is 3.60. The molecule has 0 amide bonds. The maximum absolute atomic E-state index is 10.6. The van der Waals surface area contributed by atoms with Crippen LogP contribution in [0.3, 0.4) is 0 Å². The van der Waals surface area contributed by atoms with Crippen molar-refractivity contribution in [3.63, 3.8) is 0 Å². The average Bonchev–Trinajstić information content (AvgIpc) is 2.66. The zero-order valence-corrected chi connectivity index (χ0v) is 8.30. The van der Waals surface area contributed by atoms with Gasteiger partial charge in [-0.1, -0.05) is 0 Å². The van der Waals surface area contributed by atoms with E-state index in [1.807, 2.05) is 0 Å². The quantitative estimate of drug-likeness (QED) is 0.775. The first-order valence-electron chi connectivity index (χ1n) is 4.94. The highest BCUT2D eigenvalue weighted by molar-refractivity contribution is 5.66. The van der Waals surface area contributed by atoms with Crippen molar-refractivity contribution in [3.05, 3.63) is 12.2 Å². The minimum atomic E-state index is -0.872. The summed E-state index contributed by atoms with van der Waals surface area (Å²) in [6.45, 7) is 1.36. The Labute approximate surface area is 86.9 Å². The third-order valence-electron chi connectivity index (χ3n) is 2.54. The Kier molecular flexibility index (Phi) is 2.96. The maximum atomic E-state index is 10.6. The second kappa shape index (κ2) is 4.39. The summed E-state index contributed by atoms with van der Waals surface area (Å²) in [6, 6.07) is 0. The normalized spacial score (nSPS) is 17.9. The molecule has 1 saturated heterocycles. The topological polar surface area (TPSA) is 77.2 Å². The molecular formula is C9H13N3O3. The largest absolute Gasteiger partial charge is 0.480 e. The van der Waals surface area contributed by atoms with Crippen molar-refractivity contribution in [3.8, 4) is 0 Å². The fraction of sp³-hybridized carbons (Fsp3) is 0.667. The van der Waals surface area contributed by atoms with Gasteiger partial charge in [-0.3, -0.25) is 4.79 Å². The molecule has 2 heterocycles. The van der Waals surface area contributed by atoms with Crippen molar-refractivity contribution in [2.75, 3.05) is 13.2 Å². The molecule has 0 aliphatic carbocycles. The summed E-state index contributed by atoms with van der Waals surface area (Å²) in [5, 5.41) is 16.5. The van der Waals surface area contributed by atoms with Crippen LogP contribution in [0.15, 0.2) is 6.33 Å². The molecule has 82 valence electrons. The van der Waals surface area contributed by atoms with Crippen LogP contribution in [0.1, 0.15) is 24.6 Å². The Balaban J connectivity index is 2.12. The van der Waals surface area contributed by atoms with Gasteiger partial charge in [0.05, 0.1) is 0 Å². The zero-order chi connectivity index (χ0) is 10.7. The second-order valence-electron chi connectivity index (χ2n) is 3.60. The van der Waals surface area contributed by atoms with Gasteiger partial charge in [0.2, 0.25) is 0 Å². The van der Waals surface area contributed by atoms with Gasteiger partial charge in [-0.25, -0.2) is 0 Å². The van der Waals surface area contributed by atoms with Crippen LogP contribution in [0.2, 0.25) is 0 Å². The van der Waals surface area contributed by atoms with Gasteiger partial charge in [0.15, 0.2) is 0 Å². The van der Waals surface area contributed by atoms with Gasteiger partial charge < -0.3 is 14.4 Å². The van der Waals surface area contributed by atoms with Gasteiger partial charge in [0.1, 0.15) is 18.7 Å². The van der Waals surface area contributed by atoms with E-state index in [9.17, 15) is 4.79 Å². The molecule has 6 nitrogen and oxygen atoms in total. The van der Waals surface area contributed by atoms with E-state index in [0.29, 0.717) is 13.2 Å². The molecule has 1 N–H and O–H groups in total. The lowest BCUT2D eigenvalue weighted by molar-refractivity contribution is -0.137. The summed E-state index contributed by atoms with van der Waals surface area (Å²) in [4.78, 5) is 10.6. The Morgan fingerprint density at radius 2 is 2.33 bits per heavy atom. The number of carbonyl (C=O) groups is 1. The molecule has 1 fully saturated rings. The number of nitrogens with zero attached hydrogens (tertiary/aromatic N) is 3. The predicted molar refractivity (Wildman–Crippen MR) is 50.5 cm³/mol. The summed E-state index contributed by atoms with van der Waals surface area (Å²) >= 11 is 0. The van der Waals surface area contributed by atoms with Crippen molar-refractivity contribution in [1.82, 2.24) is 14.8 Å². The van der Waals surface area contributed by atoms with Crippen molar-refractivity contribution in [1.29, 1.82) is 0 Å². The number of hydrogen-bond donors (Lipinski definition) is 1. The first kappa shape index (κ1) is 10.1. The summed E-state index contributed by atoms with van der Waals surface area (Å²) in [7, 11) is 0.